The Morgan fingerprint density at radius 3 is 2.71 bits per heavy atom. The number of fused-ring (bicyclic) bond motifs is 3. The van der Waals surface area contributed by atoms with Crippen LogP contribution in [0.25, 0.3) is 29.0 Å². The number of allylic oxidation sites excluding steroid dienone is 4. The molecule has 1 aliphatic carbocycles. The van der Waals surface area contributed by atoms with Gasteiger partial charge in [0.1, 0.15) is 0 Å². The van der Waals surface area contributed by atoms with Crippen molar-refractivity contribution in [1.29, 1.82) is 0 Å². The molecule has 0 aliphatic heterocycles. The van der Waals surface area contributed by atoms with Gasteiger partial charge in [0.25, 0.3) is 0 Å². The first-order valence-corrected chi connectivity index (χ1v) is 7.32. The molecule has 3 rings (SSSR count). The highest BCUT2D eigenvalue weighted by atomic mass is 14.2. The molecular weight excluding hydrogens is 252 g/mol. The Bertz CT molecular complexity index is 823. The lowest BCUT2D eigenvalue weighted by Crippen LogP contribution is -1.97. The van der Waals surface area contributed by atoms with E-state index in [1.165, 1.54) is 33.0 Å². The second-order valence-electron chi connectivity index (χ2n) is 5.05. The van der Waals surface area contributed by atoms with Crippen LogP contribution in [0, 0.1) is 0 Å². The van der Waals surface area contributed by atoms with Gasteiger partial charge in [0, 0.05) is 0 Å². The quantitative estimate of drug-likeness (QED) is 0.488. The molecule has 0 heterocycles. The highest BCUT2D eigenvalue weighted by molar-refractivity contribution is 6.01. The van der Waals surface area contributed by atoms with Crippen LogP contribution in [0.5, 0.6) is 0 Å². The highest BCUT2D eigenvalue weighted by Crippen LogP contribution is 2.34. The summed E-state index contributed by atoms with van der Waals surface area (Å²) in [6, 6.07) is 8.59. The summed E-state index contributed by atoms with van der Waals surface area (Å²) in [6.07, 6.45) is 15.3. The molecule has 0 atom stereocenters. The van der Waals surface area contributed by atoms with E-state index in [1.807, 2.05) is 18.2 Å². The van der Waals surface area contributed by atoms with Crippen molar-refractivity contribution in [3.8, 4) is 0 Å². The first kappa shape index (κ1) is 13.4. The number of hydrogen-bond acceptors (Lipinski definition) is 0. The Morgan fingerprint density at radius 2 is 1.95 bits per heavy atom. The second-order valence-corrected chi connectivity index (χ2v) is 5.05. The third-order valence-electron chi connectivity index (χ3n) is 3.88. The highest BCUT2D eigenvalue weighted by Gasteiger charge is 2.14. The molecule has 0 bridgehead atoms. The number of hydrogen-bond donors (Lipinski definition) is 0. The van der Waals surface area contributed by atoms with Crippen molar-refractivity contribution in [3.05, 3.63) is 83.1 Å². The molecular formula is C21H18. The van der Waals surface area contributed by atoms with E-state index >= 15 is 0 Å². The van der Waals surface area contributed by atoms with Gasteiger partial charge in [-0.1, -0.05) is 68.1 Å². The van der Waals surface area contributed by atoms with Crippen molar-refractivity contribution >= 4 is 29.0 Å². The molecule has 2 aromatic carbocycles. The molecule has 0 unspecified atom stereocenters. The van der Waals surface area contributed by atoms with Gasteiger partial charge in [-0.3, -0.25) is 0 Å². The van der Waals surface area contributed by atoms with Crippen molar-refractivity contribution < 1.29 is 0 Å². The maximum absolute atomic E-state index is 3.79. The summed E-state index contributed by atoms with van der Waals surface area (Å²) in [6.45, 7) is 6.01. The minimum absolute atomic E-state index is 1.00. The van der Waals surface area contributed by atoms with Crippen LogP contribution in [0.4, 0.5) is 0 Å². The molecule has 1 aliphatic rings. The van der Waals surface area contributed by atoms with E-state index in [1.54, 1.807) is 0 Å². The van der Waals surface area contributed by atoms with Gasteiger partial charge in [-0.05, 0) is 51.6 Å². The summed E-state index contributed by atoms with van der Waals surface area (Å²) in [5, 5.41) is 2.57. The average molecular weight is 270 g/mol. The largest absolute Gasteiger partial charge is 0.120 e. The molecule has 0 amide bonds. The van der Waals surface area contributed by atoms with Crippen LogP contribution in [0.1, 0.15) is 29.2 Å². The molecule has 0 radical (unpaired) electrons. The van der Waals surface area contributed by atoms with Gasteiger partial charge >= 0.3 is 0 Å². The zero-order valence-electron chi connectivity index (χ0n) is 12.3. The van der Waals surface area contributed by atoms with Crippen LogP contribution in [-0.2, 0) is 6.42 Å². The maximum atomic E-state index is 3.79. The molecule has 0 saturated heterocycles. The standard InChI is InChI=1S/C21H18/c1-3-5-11-17-16(4-2)18-12-7-6-8-13-19(18)21-15-10-9-14-20(17)21/h3,5-7,9-15H,1,4H2,2H3. The van der Waals surface area contributed by atoms with Gasteiger partial charge in [-0.15, -0.1) is 5.73 Å². The Kier molecular flexibility index (Phi) is 3.73. The van der Waals surface area contributed by atoms with E-state index in [2.05, 4.69) is 67.8 Å². The van der Waals surface area contributed by atoms with Gasteiger partial charge in [0.15, 0.2) is 0 Å². The summed E-state index contributed by atoms with van der Waals surface area (Å²) in [4.78, 5) is 0. The lowest BCUT2D eigenvalue weighted by Gasteiger charge is -2.16. The summed E-state index contributed by atoms with van der Waals surface area (Å²) in [5.41, 5.74) is 8.49. The van der Waals surface area contributed by atoms with Crippen molar-refractivity contribution in [1.82, 2.24) is 0 Å². The summed E-state index contributed by atoms with van der Waals surface area (Å²) >= 11 is 0. The maximum Gasteiger partial charge on any atom is -0.00250 e. The zero-order chi connectivity index (χ0) is 14.7. The first-order valence-electron chi connectivity index (χ1n) is 7.32. The molecule has 2 aromatic rings. The van der Waals surface area contributed by atoms with Crippen molar-refractivity contribution in [2.45, 2.75) is 13.3 Å². The smallest absolute Gasteiger partial charge is 0.00250 e. The summed E-state index contributed by atoms with van der Waals surface area (Å²) in [7, 11) is 0. The van der Waals surface area contributed by atoms with Gasteiger partial charge in [0.05, 0.1) is 0 Å². The fourth-order valence-electron chi connectivity index (χ4n) is 2.98. The molecule has 0 N–H and O–H groups in total. The topological polar surface area (TPSA) is 0 Å². The van der Waals surface area contributed by atoms with Crippen LogP contribution in [0.3, 0.4) is 0 Å². The normalized spacial score (nSPS) is 12.8. The molecule has 0 fully saturated rings. The van der Waals surface area contributed by atoms with Crippen LogP contribution in [0.15, 0.2) is 60.9 Å². The molecule has 0 saturated carbocycles. The lowest BCUT2D eigenvalue weighted by atomic mass is 9.87. The molecule has 0 aromatic heterocycles. The summed E-state index contributed by atoms with van der Waals surface area (Å²) < 4.78 is 0. The van der Waals surface area contributed by atoms with Gasteiger partial charge < -0.3 is 0 Å². The fraction of sp³-hybridized carbons (Fsp3) is 0.0952. The minimum Gasteiger partial charge on any atom is -0.120 e. The average Bonchev–Trinajstić information content (AvgIpc) is 2.78. The van der Waals surface area contributed by atoms with E-state index in [-0.39, 0.29) is 0 Å². The van der Waals surface area contributed by atoms with E-state index < -0.39 is 0 Å². The molecule has 0 spiro atoms. The van der Waals surface area contributed by atoms with Crippen molar-refractivity contribution in [2.75, 3.05) is 0 Å². The fourth-order valence-corrected chi connectivity index (χ4v) is 2.98. The minimum atomic E-state index is 1.00. The monoisotopic (exact) mass is 270 g/mol. The SMILES string of the molecule is C=CC=Cc1c(CC)c2c(c3ccccc13)C=C=CC=C2. The van der Waals surface area contributed by atoms with Crippen LogP contribution in [-0.4, -0.2) is 0 Å². The van der Waals surface area contributed by atoms with Gasteiger partial charge in [-0.25, -0.2) is 0 Å². The van der Waals surface area contributed by atoms with E-state index in [9.17, 15) is 0 Å². The Hall–Kier alpha value is -2.56. The molecule has 0 nitrogen and oxygen atoms in total. The lowest BCUT2D eigenvalue weighted by molar-refractivity contribution is 1.13. The predicted molar refractivity (Wildman–Crippen MR) is 94.1 cm³/mol. The molecule has 102 valence electrons. The van der Waals surface area contributed by atoms with Crippen LogP contribution in [0.2, 0.25) is 0 Å². The Morgan fingerprint density at radius 1 is 1.14 bits per heavy atom. The van der Waals surface area contributed by atoms with Gasteiger partial charge in [0.2, 0.25) is 0 Å². The van der Waals surface area contributed by atoms with Crippen LogP contribution >= 0.6 is 0 Å². The Balaban J connectivity index is 2.49. The van der Waals surface area contributed by atoms with E-state index in [4.69, 9.17) is 0 Å². The second kappa shape index (κ2) is 5.83. The zero-order valence-corrected chi connectivity index (χ0v) is 12.3. The van der Waals surface area contributed by atoms with Crippen molar-refractivity contribution in [2.24, 2.45) is 0 Å². The van der Waals surface area contributed by atoms with Crippen LogP contribution < -0.4 is 0 Å². The third kappa shape index (κ3) is 2.31. The first-order chi connectivity index (χ1) is 10.4. The Labute approximate surface area is 126 Å². The third-order valence-corrected chi connectivity index (χ3v) is 3.88. The molecule has 21 heavy (non-hydrogen) atoms. The van der Waals surface area contributed by atoms with Gasteiger partial charge in [-0.2, -0.15) is 0 Å². The molecule has 0 heteroatoms. The van der Waals surface area contributed by atoms with E-state index in [0.29, 0.717) is 0 Å². The predicted octanol–water partition coefficient (Wildman–Crippen LogP) is 5.80. The number of benzene rings is 2. The summed E-state index contributed by atoms with van der Waals surface area (Å²) in [5.74, 6) is 0. The number of rotatable bonds is 3. The van der Waals surface area contributed by atoms with Crippen molar-refractivity contribution in [3.63, 3.8) is 0 Å². The van der Waals surface area contributed by atoms with E-state index in [0.717, 1.165) is 6.42 Å².